The van der Waals surface area contributed by atoms with E-state index in [0.717, 1.165) is 36.0 Å². The molecule has 2 heterocycles. The van der Waals surface area contributed by atoms with Gasteiger partial charge in [-0.05, 0) is 24.6 Å². The molecule has 0 N–H and O–H groups in total. The van der Waals surface area contributed by atoms with Gasteiger partial charge in [0.15, 0.2) is 0 Å². The third kappa shape index (κ3) is 4.36. The summed E-state index contributed by atoms with van der Waals surface area (Å²) in [6.07, 6.45) is 0.310. The Morgan fingerprint density at radius 3 is 2.38 bits per heavy atom. The number of aryl methyl sites for hydroxylation is 1. The molecule has 6 heteroatoms. The maximum atomic E-state index is 13.0. The van der Waals surface area contributed by atoms with Crippen LogP contribution in [-0.4, -0.2) is 47.0 Å². The molecule has 1 saturated heterocycles. The molecule has 1 amide bonds. The highest BCUT2D eigenvalue weighted by Gasteiger charge is 2.22. The van der Waals surface area contributed by atoms with E-state index in [2.05, 4.69) is 28.7 Å². The lowest BCUT2D eigenvalue weighted by atomic mass is 10.1. The van der Waals surface area contributed by atoms with Crippen molar-refractivity contribution >= 4 is 11.7 Å². The Kier molecular flexibility index (Phi) is 5.49. The summed E-state index contributed by atoms with van der Waals surface area (Å²) < 4.78 is 13.0. The molecule has 0 bridgehead atoms. The SMILES string of the molecule is Cc1cc(N2CCN(C(=O)Cc3ccc(F)cc3)CC2)nc(C(C)C)n1. The molecule has 5 nitrogen and oxygen atoms in total. The molecule has 26 heavy (non-hydrogen) atoms. The van der Waals surface area contributed by atoms with Crippen LogP contribution in [0.4, 0.5) is 10.2 Å². The van der Waals surface area contributed by atoms with Crippen molar-refractivity contribution in [2.75, 3.05) is 31.1 Å². The average Bonchev–Trinajstić information content (AvgIpc) is 2.63. The molecule has 1 aliphatic heterocycles. The highest BCUT2D eigenvalue weighted by Crippen LogP contribution is 2.19. The van der Waals surface area contributed by atoms with Crippen molar-refractivity contribution in [2.24, 2.45) is 0 Å². The van der Waals surface area contributed by atoms with Crippen molar-refractivity contribution < 1.29 is 9.18 Å². The van der Waals surface area contributed by atoms with Crippen LogP contribution >= 0.6 is 0 Å². The van der Waals surface area contributed by atoms with Gasteiger partial charge in [-0.15, -0.1) is 0 Å². The first-order valence-electron chi connectivity index (χ1n) is 9.05. The minimum absolute atomic E-state index is 0.0815. The third-order valence-corrected chi connectivity index (χ3v) is 4.60. The van der Waals surface area contributed by atoms with Crippen LogP contribution in [0.15, 0.2) is 30.3 Å². The highest BCUT2D eigenvalue weighted by molar-refractivity contribution is 5.79. The molecule has 138 valence electrons. The number of halogens is 1. The van der Waals surface area contributed by atoms with Crippen molar-refractivity contribution in [3.63, 3.8) is 0 Å². The van der Waals surface area contributed by atoms with E-state index < -0.39 is 0 Å². The summed E-state index contributed by atoms with van der Waals surface area (Å²) in [6, 6.07) is 8.12. The largest absolute Gasteiger partial charge is 0.353 e. The van der Waals surface area contributed by atoms with Crippen molar-refractivity contribution in [1.29, 1.82) is 0 Å². The van der Waals surface area contributed by atoms with Crippen LogP contribution in [0, 0.1) is 12.7 Å². The van der Waals surface area contributed by atoms with Crippen LogP contribution in [0.25, 0.3) is 0 Å². The van der Waals surface area contributed by atoms with Crippen LogP contribution in [0.5, 0.6) is 0 Å². The number of benzene rings is 1. The van der Waals surface area contributed by atoms with E-state index in [1.807, 2.05) is 17.9 Å². The minimum atomic E-state index is -0.282. The van der Waals surface area contributed by atoms with Gasteiger partial charge < -0.3 is 9.80 Å². The molecule has 0 atom stereocenters. The molecule has 2 aromatic rings. The Bertz CT molecular complexity index is 768. The second-order valence-corrected chi connectivity index (χ2v) is 7.05. The van der Waals surface area contributed by atoms with Crippen molar-refractivity contribution in [3.8, 4) is 0 Å². The normalized spacial score (nSPS) is 14.8. The Hall–Kier alpha value is -2.50. The number of nitrogens with zero attached hydrogens (tertiary/aromatic N) is 4. The monoisotopic (exact) mass is 356 g/mol. The predicted octanol–water partition coefficient (Wildman–Crippen LogP) is 2.94. The zero-order valence-corrected chi connectivity index (χ0v) is 15.6. The summed E-state index contributed by atoms with van der Waals surface area (Å²) in [7, 11) is 0. The van der Waals surface area contributed by atoms with E-state index in [-0.39, 0.29) is 17.6 Å². The number of hydrogen-bond donors (Lipinski definition) is 0. The molecule has 0 spiro atoms. The maximum Gasteiger partial charge on any atom is 0.227 e. The smallest absolute Gasteiger partial charge is 0.227 e. The summed E-state index contributed by atoms with van der Waals surface area (Å²) in [5, 5.41) is 0. The summed E-state index contributed by atoms with van der Waals surface area (Å²) in [5.41, 5.74) is 1.81. The molecule has 1 fully saturated rings. The lowest BCUT2D eigenvalue weighted by Gasteiger charge is -2.35. The summed E-state index contributed by atoms with van der Waals surface area (Å²) in [5.74, 6) is 1.88. The van der Waals surface area contributed by atoms with Crippen molar-refractivity contribution in [2.45, 2.75) is 33.1 Å². The second kappa shape index (κ2) is 7.81. The van der Waals surface area contributed by atoms with Crippen LogP contribution in [0.3, 0.4) is 0 Å². The Morgan fingerprint density at radius 2 is 1.77 bits per heavy atom. The molecule has 0 aliphatic carbocycles. The van der Waals surface area contributed by atoms with Gasteiger partial charge in [0.25, 0.3) is 0 Å². The van der Waals surface area contributed by atoms with E-state index in [1.54, 1.807) is 12.1 Å². The van der Waals surface area contributed by atoms with Gasteiger partial charge in [0.1, 0.15) is 17.5 Å². The first-order chi connectivity index (χ1) is 12.4. The Balaban J connectivity index is 1.60. The van der Waals surface area contributed by atoms with Crippen LogP contribution in [0.1, 0.15) is 36.8 Å². The number of carbonyl (C=O) groups excluding carboxylic acids is 1. The van der Waals surface area contributed by atoms with Crippen LogP contribution in [-0.2, 0) is 11.2 Å². The Morgan fingerprint density at radius 1 is 1.12 bits per heavy atom. The fourth-order valence-electron chi connectivity index (χ4n) is 3.07. The topological polar surface area (TPSA) is 49.3 Å². The molecule has 0 saturated carbocycles. The van der Waals surface area contributed by atoms with E-state index in [4.69, 9.17) is 0 Å². The van der Waals surface area contributed by atoms with Gasteiger partial charge in [-0.1, -0.05) is 26.0 Å². The number of piperazine rings is 1. The maximum absolute atomic E-state index is 13.0. The Labute approximate surface area is 153 Å². The van der Waals surface area contributed by atoms with Gasteiger partial charge >= 0.3 is 0 Å². The molecule has 1 aromatic heterocycles. The standard InChI is InChI=1S/C20H25FN4O/c1-14(2)20-22-15(3)12-18(23-20)24-8-10-25(11-9-24)19(26)13-16-4-6-17(21)7-5-16/h4-7,12,14H,8-11,13H2,1-3H3. The molecular weight excluding hydrogens is 331 g/mol. The number of hydrogen-bond acceptors (Lipinski definition) is 4. The molecule has 1 aromatic carbocycles. The van der Waals surface area contributed by atoms with Crippen LogP contribution in [0.2, 0.25) is 0 Å². The first-order valence-corrected chi connectivity index (χ1v) is 9.05. The fourth-order valence-corrected chi connectivity index (χ4v) is 3.07. The number of aromatic nitrogens is 2. The number of amides is 1. The lowest BCUT2D eigenvalue weighted by molar-refractivity contribution is -0.130. The second-order valence-electron chi connectivity index (χ2n) is 7.05. The number of carbonyl (C=O) groups is 1. The first kappa shape index (κ1) is 18.3. The average molecular weight is 356 g/mol. The van der Waals surface area contributed by atoms with E-state index in [9.17, 15) is 9.18 Å². The third-order valence-electron chi connectivity index (χ3n) is 4.60. The van der Waals surface area contributed by atoms with Gasteiger partial charge in [-0.25, -0.2) is 14.4 Å². The predicted molar refractivity (Wildman–Crippen MR) is 99.8 cm³/mol. The lowest BCUT2D eigenvalue weighted by Crippen LogP contribution is -2.49. The highest BCUT2D eigenvalue weighted by atomic mass is 19.1. The zero-order valence-electron chi connectivity index (χ0n) is 15.6. The van der Waals surface area contributed by atoms with Gasteiger partial charge in [-0.3, -0.25) is 4.79 Å². The zero-order chi connectivity index (χ0) is 18.7. The van der Waals surface area contributed by atoms with Gasteiger partial charge in [0.05, 0.1) is 6.42 Å². The summed E-state index contributed by atoms with van der Waals surface area (Å²) in [6.45, 7) is 9.00. The molecular formula is C20H25FN4O. The van der Waals surface area contributed by atoms with Crippen molar-refractivity contribution in [3.05, 3.63) is 53.2 Å². The summed E-state index contributed by atoms with van der Waals surface area (Å²) in [4.78, 5) is 25.7. The number of rotatable bonds is 4. The number of anilines is 1. The van der Waals surface area contributed by atoms with E-state index >= 15 is 0 Å². The quantitative estimate of drug-likeness (QED) is 0.845. The van der Waals surface area contributed by atoms with Crippen molar-refractivity contribution in [1.82, 2.24) is 14.9 Å². The van der Waals surface area contributed by atoms with E-state index in [0.29, 0.717) is 19.5 Å². The molecule has 0 unspecified atom stereocenters. The molecule has 3 rings (SSSR count). The van der Waals surface area contributed by atoms with Gasteiger partial charge in [0.2, 0.25) is 5.91 Å². The molecule has 0 radical (unpaired) electrons. The summed E-state index contributed by atoms with van der Waals surface area (Å²) >= 11 is 0. The van der Waals surface area contributed by atoms with Gasteiger partial charge in [-0.2, -0.15) is 0 Å². The molecule has 1 aliphatic rings. The van der Waals surface area contributed by atoms with Gasteiger partial charge in [0, 0.05) is 43.9 Å². The van der Waals surface area contributed by atoms with E-state index in [1.165, 1.54) is 12.1 Å². The minimum Gasteiger partial charge on any atom is -0.353 e. The fraction of sp³-hybridized carbons (Fsp3) is 0.450. The van der Waals surface area contributed by atoms with Crippen LogP contribution < -0.4 is 4.90 Å².